The number of nitrogens with zero attached hydrogens (tertiary/aromatic N) is 3. The van der Waals surface area contributed by atoms with Crippen LogP contribution in [0.2, 0.25) is 10.0 Å². The molecule has 1 saturated heterocycles. The Morgan fingerprint density at radius 1 is 1.02 bits per heavy atom. The van der Waals surface area contributed by atoms with E-state index < -0.39 is 35.4 Å². The molecular weight excluding hydrogens is 592 g/mol. The molecule has 0 aliphatic carbocycles. The van der Waals surface area contributed by atoms with Gasteiger partial charge in [0.2, 0.25) is 5.60 Å². The molecule has 210 valence electrons. The van der Waals surface area contributed by atoms with Crippen molar-refractivity contribution in [2.45, 2.75) is 25.4 Å². The highest BCUT2D eigenvalue weighted by molar-refractivity contribution is 6.31. The van der Waals surface area contributed by atoms with Crippen molar-refractivity contribution >= 4 is 57.2 Å². The number of ether oxygens (including phenoxy) is 2. The first-order valence-corrected chi connectivity index (χ1v) is 12.5. The van der Waals surface area contributed by atoms with Gasteiger partial charge in [-0.15, -0.1) is 13.2 Å². The first-order valence-electron chi connectivity index (χ1n) is 11.7. The quantitative estimate of drug-likeness (QED) is 0.274. The van der Waals surface area contributed by atoms with Crippen LogP contribution in [0.15, 0.2) is 63.9 Å². The van der Waals surface area contributed by atoms with Crippen LogP contribution in [-0.2, 0) is 21.7 Å². The van der Waals surface area contributed by atoms with Crippen LogP contribution in [0.5, 0.6) is 5.75 Å². The minimum absolute atomic E-state index is 0.0552. The minimum Gasteiger partial charge on any atom is -0.428 e. The molecule has 2 amide bonds. The van der Waals surface area contributed by atoms with Gasteiger partial charge in [0.1, 0.15) is 5.75 Å². The normalized spacial score (nSPS) is 17.3. The smallest absolute Gasteiger partial charge is 0.428 e. The lowest BCUT2D eigenvalue weighted by atomic mass is 9.94. The Bertz CT molecular complexity index is 1960. The molecule has 3 heterocycles. The summed E-state index contributed by atoms with van der Waals surface area (Å²) < 4.78 is 56.1. The number of cyclic esters (lactones) is 1. The van der Waals surface area contributed by atoms with E-state index >= 15 is 0 Å². The lowest BCUT2D eigenvalue weighted by Gasteiger charge is -2.21. The molecule has 1 atom stereocenters. The molecule has 1 N–H and O–H groups in total. The number of carbonyl (C=O) groups is 2. The Labute approximate surface area is 236 Å². The first-order chi connectivity index (χ1) is 19.3. The second-order valence-electron chi connectivity index (χ2n) is 9.23. The molecule has 5 aromatic rings. The van der Waals surface area contributed by atoms with Gasteiger partial charge < -0.3 is 14.0 Å². The Balaban J connectivity index is 1.54. The lowest BCUT2D eigenvalue weighted by molar-refractivity contribution is -0.274. The fourth-order valence-corrected chi connectivity index (χ4v) is 5.01. The maximum absolute atomic E-state index is 13.9. The Morgan fingerprint density at radius 2 is 1.80 bits per heavy atom. The highest BCUT2D eigenvalue weighted by Gasteiger charge is 2.46. The number of hydrogen-bond donors (Lipinski definition) is 1. The van der Waals surface area contributed by atoms with Crippen molar-refractivity contribution in [1.29, 1.82) is 0 Å². The summed E-state index contributed by atoms with van der Waals surface area (Å²) in [4.78, 5) is 38.0. The zero-order valence-corrected chi connectivity index (χ0v) is 22.1. The van der Waals surface area contributed by atoms with Crippen molar-refractivity contribution in [2.24, 2.45) is 0 Å². The van der Waals surface area contributed by atoms with Crippen molar-refractivity contribution in [2.75, 3.05) is 0 Å². The van der Waals surface area contributed by atoms with Gasteiger partial charge in [0.25, 0.3) is 5.91 Å². The average molecular weight is 607 g/mol. The molecule has 1 aliphatic heterocycles. The van der Waals surface area contributed by atoms with Gasteiger partial charge >= 0.3 is 18.1 Å². The molecule has 3 aromatic carbocycles. The van der Waals surface area contributed by atoms with Gasteiger partial charge in [0.15, 0.2) is 11.4 Å². The summed E-state index contributed by atoms with van der Waals surface area (Å²) in [5.74, 6) is -1.18. The van der Waals surface area contributed by atoms with Gasteiger partial charge in [-0.3, -0.25) is 14.7 Å². The van der Waals surface area contributed by atoms with Crippen LogP contribution in [-0.4, -0.2) is 32.7 Å². The topological polar surface area (TPSA) is 118 Å². The van der Waals surface area contributed by atoms with E-state index in [9.17, 15) is 27.6 Å². The summed E-state index contributed by atoms with van der Waals surface area (Å²) in [5, 5.41) is 7.05. The maximum atomic E-state index is 13.9. The standard InChI is InChI=1S/C26H15Cl2F3N4O6/c1-25(22(36)32-23(37)40-25)13-2-6-17(28)12(8-13)11-34-19-10-15(39-26(29,30)31)4-7-18(19)35(24(34)38)21-16-5-3-14(27)9-20(16)41-33-21/h2-10H,11H2,1H3,(H,32,36,37)/t25-/m0/s1. The predicted octanol–water partition coefficient (Wildman–Crippen LogP) is 5.67. The van der Waals surface area contributed by atoms with E-state index in [1.54, 1.807) is 12.1 Å². The van der Waals surface area contributed by atoms with Gasteiger partial charge in [0, 0.05) is 27.7 Å². The molecule has 0 bridgehead atoms. The first kappa shape index (κ1) is 26.7. The second-order valence-corrected chi connectivity index (χ2v) is 10.1. The summed E-state index contributed by atoms with van der Waals surface area (Å²) >= 11 is 12.5. The Kier molecular flexibility index (Phi) is 6.05. The summed E-state index contributed by atoms with van der Waals surface area (Å²) in [5.41, 5.74) is -1.25. The number of nitrogens with one attached hydrogen (secondary N) is 1. The largest absolute Gasteiger partial charge is 0.573 e. The van der Waals surface area contributed by atoms with Gasteiger partial charge in [-0.1, -0.05) is 34.4 Å². The number of imidazole rings is 1. The predicted molar refractivity (Wildman–Crippen MR) is 139 cm³/mol. The van der Waals surface area contributed by atoms with E-state index in [0.717, 1.165) is 12.1 Å². The number of imide groups is 1. The van der Waals surface area contributed by atoms with Crippen LogP contribution in [0.1, 0.15) is 18.1 Å². The zero-order chi connectivity index (χ0) is 29.3. The number of amides is 2. The fourth-order valence-electron chi connectivity index (χ4n) is 4.67. The number of carbonyl (C=O) groups excluding carboxylic acids is 2. The van der Waals surface area contributed by atoms with E-state index in [4.69, 9.17) is 32.5 Å². The average Bonchev–Trinajstić information content (AvgIpc) is 3.50. The van der Waals surface area contributed by atoms with Crippen molar-refractivity contribution in [3.05, 3.63) is 86.3 Å². The molecule has 1 fully saturated rings. The number of benzene rings is 3. The summed E-state index contributed by atoms with van der Waals surface area (Å²) in [7, 11) is 0. The second kappa shape index (κ2) is 9.28. The molecular formula is C26H15Cl2F3N4O6. The third kappa shape index (κ3) is 4.56. The molecule has 0 spiro atoms. The molecule has 0 saturated carbocycles. The summed E-state index contributed by atoms with van der Waals surface area (Å²) in [6, 6.07) is 12.5. The van der Waals surface area contributed by atoms with Crippen LogP contribution in [0, 0.1) is 0 Å². The van der Waals surface area contributed by atoms with E-state index in [0.29, 0.717) is 16.0 Å². The van der Waals surface area contributed by atoms with Gasteiger partial charge in [0.05, 0.1) is 23.0 Å². The van der Waals surface area contributed by atoms with E-state index in [2.05, 4.69) is 15.2 Å². The van der Waals surface area contributed by atoms with Crippen molar-refractivity contribution in [3.8, 4) is 11.6 Å². The molecule has 15 heteroatoms. The van der Waals surface area contributed by atoms with Crippen molar-refractivity contribution in [3.63, 3.8) is 0 Å². The van der Waals surface area contributed by atoms with Crippen LogP contribution in [0.25, 0.3) is 27.8 Å². The van der Waals surface area contributed by atoms with Crippen molar-refractivity contribution in [1.82, 2.24) is 19.6 Å². The number of alkyl halides is 3. The molecule has 1 aliphatic rings. The van der Waals surface area contributed by atoms with Crippen LogP contribution >= 0.6 is 23.2 Å². The summed E-state index contributed by atoms with van der Waals surface area (Å²) in [6.07, 6.45) is -5.90. The molecule has 0 radical (unpaired) electrons. The Hall–Kier alpha value is -4.49. The van der Waals surface area contributed by atoms with Gasteiger partial charge in [-0.2, -0.15) is 0 Å². The van der Waals surface area contributed by atoms with E-state index in [1.807, 2.05) is 0 Å². The highest BCUT2D eigenvalue weighted by Crippen LogP contribution is 2.34. The van der Waals surface area contributed by atoms with Crippen LogP contribution in [0.4, 0.5) is 18.0 Å². The SMILES string of the molecule is C[C@@]1(c2ccc(Cl)c(Cn3c(=O)n(-c4noc5cc(Cl)ccc45)c4ccc(OC(F)(F)F)cc43)c2)OC(=O)NC1=O. The Morgan fingerprint density at radius 3 is 2.51 bits per heavy atom. The van der Waals surface area contributed by atoms with Crippen LogP contribution < -0.4 is 15.7 Å². The maximum Gasteiger partial charge on any atom is 0.573 e. The molecule has 10 nitrogen and oxygen atoms in total. The van der Waals surface area contributed by atoms with Crippen molar-refractivity contribution < 1.29 is 36.8 Å². The number of fused-ring (bicyclic) bond motifs is 2. The number of rotatable bonds is 5. The molecule has 2 aromatic heterocycles. The third-order valence-electron chi connectivity index (χ3n) is 6.63. The van der Waals surface area contributed by atoms with E-state index in [-0.39, 0.29) is 39.6 Å². The van der Waals surface area contributed by atoms with E-state index in [1.165, 1.54) is 46.4 Å². The number of aromatic nitrogens is 3. The minimum atomic E-state index is -4.98. The number of alkyl carbamates (subject to hydrolysis) is 1. The third-order valence-corrected chi connectivity index (χ3v) is 7.24. The van der Waals surface area contributed by atoms with Gasteiger partial charge in [-0.05, 0) is 48.9 Å². The lowest BCUT2D eigenvalue weighted by Crippen LogP contribution is -2.33. The number of hydrogen-bond acceptors (Lipinski definition) is 7. The number of halogens is 5. The molecule has 6 rings (SSSR count). The van der Waals surface area contributed by atoms with Crippen LogP contribution in [0.3, 0.4) is 0 Å². The highest BCUT2D eigenvalue weighted by atomic mass is 35.5. The molecule has 0 unspecified atom stereocenters. The molecule has 41 heavy (non-hydrogen) atoms. The fraction of sp³-hybridized carbons (Fsp3) is 0.154. The zero-order valence-electron chi connectivity index (χ0n) is 20.6. The van der Waals surface area contributed by atoms with Gasteiger partial charge in [-0.25, -0.2) is 14.2 Å². The monoisotopic (exact) mass is 606 g/mol. The summed E-state index contributed by atoms with van der Waals surface area (Å²) in [6.45, 7) is 1.14.